The summed E-state index contributed by atoms with van der Waals surface area (Å²) < 4.78 is 0. The minimum absolute atomic E-state index is 0.470. The van der Waals surface area contributed by atoms with Crippen LogP contribution in [0, 0.1) is 11.3 Å². The molecule has 84 valence electrons. The van der Waals surface area contributed by atoms with Crippen molar-refractivity contribution in [3.8, 4) is 6.07 Å². The number of nitrogens with one attached hydrogen (secondary N) is 1. The van der Waals surface area contributed by atoms with Gasteiger partial charge in [-0.25, -0.2) is 0 Å². The Balaban J connectivity index is 2.31. The average molecular weight is 215 g/mol. The van der Waals surface area contributed by atoms with Crippen LogP contribution in [0.5, 0.6) is 0 Å². The van der Waals surface area contributed by atoms with Crippen LogP contribution in [0.1, 0.15) is 19.4 Å². The van der Waals surface area contributed by atoms with Crippen LogP contribution in [-0.2, 0) is 0 Å². The van der Waals surface area contributed by atoms with Crippen LogP contribution in [0.15, 0.2) is 24.3 Å². The summed E-state index contributed by atoms with van der Waals surface area (Å²) in [4.78, 5) is 2.39. The second kappa shape index (κ2) is 4.54. The molecule has 0 aromatic heterocycles. The first-order valence-electron chi connectivity index (χ1n) is 5.71. The van der Waals surface area contributed by atoms with Gasteiger partial charge in [0.2, 0.25) is 0 Å². The van der Waals surface area contributed by atoms with Gasteiger partial charge in [-0.3, -0.25) is 0 Å². The van der Waals surface area contributed by atoms with Crippen LogP contribution >= 0.6 is 0 Å². The van der Waals surface area contributed by atoms with Gasteiger partial charge in [-0.15, -0.1) is 0 Å². The molecule has 3 nitrogen and oxygen atoms in total. The highest BCUT2D eigenvalue weighted by Crippen LogP contribution is 2.22. The molecule has 1 aliphatic heterocycles. The Hall–Kier alpha value is -1.53. The summed E-state index contributed by atoms with van der Waals surface area (Å²) in [5, 5.41) is 12.3. The molecule has 3 heteroatoms. The van der Waals surface area contributed by atoms with Crippen LogP contribution in [0.3, 0.4) is 0 Å². The van der Waals surface area contributed by atoms with Gasteiger partial charge in [0.25, 0.3) is 0 Å². The second-order valence-electron chi connectivity index (χ2n) is 4.43. The molecule has 2 rings (SSSR count). The molecule has 2 unspecified atom stereocenters. The van der Waals surface area contributed by atoms with Gasteiger partial charge in [0.05, 0.1) is 11.6 Å². The van der Waals surface area contributed by atoms with Crippen LogP contribution in [-0.4, -0.2) is 25.2 Å². The maximum absolute atomic E-state index is 8.91. The molecule has 0 aliphatic carbocycles. The predicted molar refractivity (Wildman–Crippen MR) is 65.4 cm³/mol. The lowest BCUT2D eigenvalue weighted by atomic mass is 10.1. The van der Waals surface area contributed by atoms with E-state index in [-0.39, 0.29) is 0 Å². The van der Waals surface area contributed by atoms with Crippen LogP contribution in [0.25, 0.3) is 0 Å². The highest BCUT2D eigenvalue weighted by Gasteiger charge is 2.24. The predicted octanol–water partition coefficient (Wildman–Crippen LogP) is 1.74. The van der Waals surface area contributed by atoms with Crippen molar-refractivity contribution in [2.24, 2.45) is 0 Å². The summed E-state index contributed by atoms with van der Waals surface area (Å²) in [7, 11) is 0. The van der Waals surface area contributed by atoms with E-state index in [0.717, 1.165) is 24.3 Å². The molecule has 1 aromatic carbocycles. The molecule has 0 radical (unpaired) electrons. The largest absolute Gasteiger partial charge is 0.364 e. The summed E-state index contributed by atoms with van der Waals surface area (Å²) in [5.41, 5.74) is 1.89. The topological polar surface area (TPSA) is 39.1 Å². The lowest BCUT2D eigenvalue weighted by Gasteiger charge is -2.41. The molecule has 1 aromatic rings. The van der Waals surface area contributed by atoms with Gasteiger partial charge in [-0.05, 0) is 32.0 Å². The molecule has 0 amide bonds. The lowest BCUT2D eigenvalue weighted by Crippen LogP contribution is -2.55. The van der Waals surface area contributed by atoms with Crippen molar-refractivity contribution in [1.82, 2.24) is 5.32 Å². The highest BCUT2D eigenvalue weighted by molar-refractivity contribution is 5.53. The SMILES string of the molecule is CC1CNCC(C)N1c1cccc(C#N)c1. The van der Waals surface area contributed by atoms with Gasteiger partial charge in [-0.1, -0.05) is 6.07 Å². The zero-order valence-corrected chi connectivity index (χ0v) is 9.77. The first-order valence-corrected chi connectivity index (χ1v) is 5.71. The summed E-state index contributed by atoms with van der Waals surface area (Å²) in [6.45, 7) is 6.42. The van der Waals surface area contributed by atoms with E-state index in [0.29, 0.717) is 12.1 Å². The molecule has 0 saturated carbocycles. The first kappa shape index (κ1) is 11.0. The normalized spacial score (nSPS) is 25.2. The van der Waals surface area contributed by atoms with Gasteiger partial charge in [-0.2, -0.15) is 5.26 Å². The minimum Gasteiger partial charge on any atom is -0.364 e. The molecular weight excluding hydrogens is 198 g/mol. The molecule has 16 heavy (non-hydrogen) atoms. The van der Waals surface area contributed by atoms with Crippen LogP contribution < -0.4 is 10.2 Å². The van der Waals surface area contributed by atoms with Gasteiger partial charge >= 0.3 is 0 Å². The number of benzene rings is 1. The molecular formula is C13H17N3. The third kappa shape index (κ3) is 2.02. The van der Waals surface area contributed by atoms with E-state index in [1.807, 2.05) is 18.2 Å². The number of nitriles is 1. The Morgan fingerprint density at radius 2 is 2.00 bits per heavy atom. The maximum atomic E-state index is 8.91. The average Bonchev–Trinajstić information content (AvgIpc) is 2.29. The van der Waals surface area contributed by atoms with Gasteiger partial charge in [0, 0.05) is 30.9 Å². The van der Waals surface area contributed by atoms with E-state index in [9.17, 15) is 0 Å². The van der Waals surface area contributed by atoms with Crippen molar-refractivity contribution in [3.63, 3.8) is 0 Å². The van der Waals surface area contributed by atoms with E-state index in [1.54, 1.807) is 0 Å². The van der Waals surface area contributed by atoms with E-state index in [2.05, 4.69) is 36.2 Å². The molecule has 0 bridgehead atoms. The van der Waals surface area contributed by atoms with Gasteiger partial charge < -0.3 is 10.2 Å². The smallest absolute Gasteiger partial charge is 0.0992 e. The lowest BCUT2D eigenvalue weighted by molar-refractivity contribution is 0.432. The number of hydrogen-bond acceptors (Lipinski definition) is 3. The number of piperazine rings is 1. The van der Waals surface area contributed by atoms with Crippen molar-refractivity contribution in [3.05, 3.63) is 29.8 Å². The molecule has 1 N–H and O–H groups in total. The Labute approximate surface area is 96.7 Å². The van der Waals surface area contributed by atoms with Crippen LogP contribution in [0.4, 0.5) is 5.69 Å². The monoisotopic (exact) mass is 215 g/mol. The van der Waals surface area contributed by atoms with Gasteiger partial charge in [0.1, 0.15) is 0 Å². The molecule has 2 atom stereocenters. The zero-order valence-electron chi connectivity index (χ0n) is 9.77. The Bertz CT molecular complexity index is 398. The number of rotatable bonds is 1. The summed E-state index contributed by atoms with van der Waals surface area (Å²) in [6.07, 6.45) is 0. The Morgan fingerprint density at radius 3 is 2.62 bits per heavy atom. The fourth-order valence-electron chi connectivity index (χ4n) is 2.38. The van der Waals surface area contributed by atoms with E-state index < -0.39 is 0 Å². The van der Waals surface area contributed by atoms with Crippen molar-refractivity contribution in [1.29, 1.82) is 5.26 Å². The minimum atomic E-state index is 0.470. The quantitative estimate of drug-likeness (QED) is 0.775. The molecule has 1 fully saturated rings. The first-order chi connectivity index (χ1) is 7.72. The standard InChI is InChI=1S/C13H17N3/c1-10-8-15-9-11(2)16(10)13-5-3-4-12(6-13)7-14/h3-6,10-11,15H,8-9H2,1-2H3. The van der Waals surface area contributed by atoms with Crippen molar-refractivity contribution in [2.75, 3.05) is 18.0 Å². The van der Waals surface area contributed by atoms with Crippen LogP contribution in [0.2, 0.25) is 0 Å². The maximum Gasteiger partial charge on any atom is 0.0992 e. The molecule has 1 aliphatic rings. The van der Waals surface area contributed by atoms with Gasteiger partial charge in [0.15, 0.2) is 0 Å². The Kier molecular flexibility index (Phi) is 3.12. The summed E-state index contributed by atoms with van der Waals surface area (Å²) in [5.74, 6) is 0. The molecule has 1 heterocycles. The fourth-order valence-corrected chi connectivity index (χ4v) is 2.38. The summed E-state index contributed by atoms with van der Waals surface area (Å²) in [6, 6.07) is 11.0. The third-order valence-corrected chi connectivity index (χ3v) is 3.10. The van der Waals surface area contributed by atoms with E-state index in [1.165, 1.54) is 0 Å². The zero-order chi connectivity index (χ0) is 11.5. The third-order valence-electron chi connectivity index (χ3n) is 3.10. The number of hydrogen-bond donors (Lipinski definition) is 1. The fraction of sp³-hybridized carbons (Fsp3) is 0.462. The Morgan fingerprint density at radius 1 is 1.31 bits per heavy atom. The van der Waals surface area contributed by atoms with Crippen molar-refractivity contribution >= 4 is 5.69 Å². The number of nitrogens with zero attached hydrogens (tertiary/aromatic N) is 2. The highest BCUT2D eigenvalue weighted by atomic mass is 15.2. The second-order valence-corrected chi connectivity index (χ2v) is 4.43. The molecule has 0 spiro atoms. The summed E-state index contributed by atoms with van der Waals surface area (Å²) >= 11 is 0. The number of anilines is 1. The van der Waals surface area contributed by atoms with E-state index in [4.69, 9.17) is 5.26 Å². The van der Waals surface area contributed by atoms with E-state index >= 15 is 0 Å². The van der Waals surface area contributed by atoms with Crippen molar-refractivity contribution < 1.29 is 0 Å². The molecule has 1 saturated heterocycles. The van der Waals surface area contributed by atoms with Crippen molar-refractivity contribution in [2.45, 2.75) is 25.9 Å².